The van der Waals surface area contributed by atoms with Gasteiger partial charge in [0.25, 0.3) is 0 Å². The van der Waals surface area contributed by atoms with Crippen molar-refractivity contribution in [2.24, 2.45) is 4.99 Å². The van der Waals surface area contributed by atoms with Gasteiger partial charge in [0.15, 0.2) is 0 Å². The molecule has 0 aliphatic carbocycles. The predicted molar refractivity (Wildman–Crippen MR) is 140 cm³/mol. The van der Waals surface area contributed by atoms with Gasteiger partial charge in [0.05, 0.1) is 27.1 Å². The van der Waals surface area contributed by atoms with Gasteiger partial charge in [-0.25, -0.2) is 0 Å². The van der Waals surface area contributed by atoms with Crippen LogP contribution < -0.4 is 0 Å². The molecule has 0 aliphatic rings. The van der Waals surface area contributed by atoms with Crippen molar-refractivity contribution in [3.63, 3.8) is 0 Å². The number of halogens is 2. The lowest BCUT2D eigenvalue weighted by atomic mass is 10.1. The Labute approximate surface area is 203 Å². The molecule has 0 amide bonds. The molecule has 0 atom stereocenters. The Kier molecular flexibility index (Phi) is 6.12. The molecule has 0 unspecified atom stereocenters. The Bertz CT molecular complexity index is 1410. The zero-order valence-corrected chi connectivity index (χ0v) is 19.2. The van der Waals surface area contributed by atoms with Gasteiger partial charge in [-0.05, 0) is 47.5 Å². The molecule has 1 aromatic heterocycles. The quantitative estimate of drug-likeness (QED) is 0.230. The second-order valence-corrected chi connectivity index (χ2v) is 8.41. The maximum Gasteiger partial charge on any atom is 0.0645 e. The number of benzene rings is 4. The maximum atomic E-state index is 6.20. The van der Waals surface area contributed by atoms with Crippen LogP contribution in [-0.4, -0.2) is 10.8 Å². The molecule has 5 aromatic rings. The number of rotatable bonds is 5. The first-order chi connectivity index (χ1) is 16.2. The molecule has 1 heterocycles. The molecule has 4 aromatic carbocycles. The topological polar surface area (TPSA) is 17.3 Å². The SMILES string of the molecule is Clc1ccc(N=Cc2cc(-c3ccccc3)n(-c3ccccc3)c2-c2ccccc2)cc1Cl. The van der Waals surface area contributed by atoms with Crippen LogP contribution in [0.5, 0.6) is 0 Å². The van der Waals surface area contributed by atoms with Crippen molar-refractivity contribution in [3.8, 4) is 28.2 Å². The van der Waals surface area contributed by atoms with Crippen molar-refractivity contribution in [2.45, 2.75) is 0 Å². The average molecular weight is 467 g/mol. The molecule has 0 saturated heterocycles. The van der Waals surface area contributed by atoms with Gasteiger partial charge >= 0.3 is 0 Å². The summed E-state index contributed by atoms with van der Waals surface area (Å²) in [6, 6.07) is 38.8. The second-order valence-electron chi connectivity index (χ2n) is 7.59. The summed E-state index contributed by atoms with van der Waals surface area (Å²) in [6.45, 7) is 0. The Balaban J connectivity index is 1.75. The van der Waals surface area contributed by atoms with E-state index in [9.17, 15) is 0 Å². The van der Waals surface area contributed by atoms with Crippen molar-refractivity contribution in [1.82, 2.24) is 4.57 Å². The van der Waals surface area contributed by atoms with Crippen LogP contribution in [0.15, 0.2) is 120 Å². The highest BCUT2D eigenvalue weighted by Crippen LogP contribution is 2.36. The molecule has 0 N–H and O–H groups in total. The van der Waals surface area contributed by atoms with Crippen LogP contribution >= 0.6 is 23.2 Å². The normalized spacial score (nSPS) is 11.2. The van der Waals surface area contributed by atoms with E-state index in [-0.39, 0.29) is 0 Å². The summed E-state index contributed by atoms with van der Waals surface area (Å²) in [5.41, 5.74) is 7.25. The molecule has 5 rings (SSSR count). The molecule has 160 valence electrons. The Hall–Kier alpha value is -3.59. The molecule has 0 spiro atoms. The van der Waals surface area contributed by atoms with E-state index >= 15 is 0 Å². The molecule has 0 fully saturated rings. The molecule has 4 heteroatoms. The number of aliphatic imine (C=N–C) groups is 1. The molecular weight excluding hydrogens is 447 g/mol. The Morgan fingerprint density at radius 2 is 1.21 bits per heavy atom. The van der Waals surface area contributed by atoms with E-state index in [4.69, 9.17) is 28.2 Å². The summed E-state index contributed by atoms with van der Waals surface area (Å²) >= 11 is 12.3. The van der Waals surface area contributed by atoms with E-state index in [0.717, 1.165) is 39.5 Å². The maximum absolute atomic E-state index is 6.20. The highest BCUT2D eigenvalue weighted by atomic mass is 35.5. The van der Waals surface area contributed by atoms with Gasteiger partial charge in [-0.2, -0.15) is 0 Å². The number of hydrogen-bond donors (Lipinski definition) is 0. The van der Waals surface area contributed by atoms with Gasteiger partial charge in [0.2, 0.25) is 0 Å². The average Bonchev–Trinajstić information content (AvgIpc) is 3.26. The van der Waals surface area contributed by atoms with Crippen molar-refractivity contribution in [1.29, 1.82) is 0 Å². The number of para-hydroxylation sites is 1. The predicted octanol–water partition coefficient (Wildman–Crippen LogP) is 8.87. The number of aromatic nitrogens is 1. The summed E-state index contributed by atoms with van der Waals surface area (Å²) < 4.78 is 2.29. The standard InChI is InChI=1S/C29H20Cl2N2/c30-26-17-16-24(19-27(26)31)32-20-23-18-28(21-10-4-1-5-11-21)33(25-14-8-3-9-15-25)29(23)22-12-6-2-7-13-22/h1-20H. The fourth-order valence-electron chi connectivity index (χ4n) is 3.90. The molecule has 2 nitrogen and oxygen atoms in total. The first-order valence-corrected chi connectivity index (χ1v) is 11.4. The highest BCUT2D eigenvalue weighted by molar-refractivity contribution is 6.42. The van der Waals surface area contributed by atoms with Crippen LogP contribution in [0.2, 0.25) is 10.0 Å². The summed E-state index contributed by atoms with van der Waals surface area (Å²) in [6.07, 6.45) is 1.90. The van der Waals surface area contributed by atoms with Crippen LogP contribution in [0, 0.1) is 0 Å². The van der Waals surface area contributed by atoms with Gasteiger partial charge in [0, 0.05) is 17.5 Å². The van der Waals surface area contributed by atoms with Gasteiger partial charge < -0.3 is 4.57 Å². The first kappa shape index (κ1) is 21.3. The summed E-state index contributed by atoms with van der Waals surface area (Å²) in [4.78, 5) is 4.72. The minimum absolute atomic E-state index is 0.487. The van der Waals surface area contributed by atoms with Crippen LogP contribution in [0.3, 0.4) is 0 Å². The number of hydrogen-bond acceptors (Lipinski definition) is 1. The zero-order chi connectivity index (χ0) is 22.6. The second kappa shape index (κ2) is 9.50. The lowest BCUT2D eigenvalue weighted by molar-refractivity contribution is 1.09. The zero-order valence-electron chi connectivity index (χ0n) is 17.7. The third kappa shape index (κ3) is 4.49. The molecule has 0 bridgehead atoms. The van der Waals surface area contributed by atoms with E-state index in [1.54, 1.807) is 12.1 Å². The van der Waals surface area contributed by atoms with E-state index in [2.05, 4.69) is 83.4 Å². The summed E-state index contributed by atoms with van der Waals surface area (Å²) in [7, 11) is 0. The van der Waals surface area contributed by atoms with Gasteiger partial charge in [-0.3, -0.25) is 4.99 Å². The minimum Gasteiger partial charge on any atom is -0.309 e. The van der Waals surface area contributed by atoms with E-state index in [1.165, 1.54) is 0 Å². The fraction of sp³-hybridized carbons (Fsp3) is 0. The smallest absolute Gasteiger partial charge is 0.0645 e. The van der Waals surface area contributed by atoms with E-state index < -0.39 is 0 Å². The Morgan fingerprint density at radius 1 is 0.606 bits per heavy atom. The van der Waals surface area contributed by atoms with Crippen molar-refractivity contribution < 1.29 is 0 Å². The van der Waals surface area contributed by atoms with Crippen molar-refractivity contribution in [3.05, 3.63) is 131 Å². The fourth-order valence-corrected chi connectivity index (χ4v) is 4.19. The minimum atomic E-state index is 0.487. The Morgan fingerprint density at radius 3 is 1.85 bits per heavy atom. The molecule has 0 radical (unpaired) electrons. The lowest BCUT2D eigenvalue weighted by Gasteiger charge is -2.15. The van der Waals surface area contributed by atoms with Crippen LogP contribution in [-0.2, 0) is 0 Å². The highest BCUT2D eigenvalue weighted by Gasteiger charge is 2.18. The van der Waals surface area contributed by atoms with Gasteiger partial charge in [-0.1, -0.05) is 102 Å². The van der Waals surface area contributed by atoms with Gasteiger partial charge in [0.1, 0.15) is 0 Å². The van der Waals surface area contributed by atoms with Crippen molar-refractivity contribution >= 4 is 35.1 Å². The van der Waals surface area contributed by atoms with E-state index in [0.29, 0.717) is 10.0 Å². The number of nitrogens with zero attached hydrogens (tertiary/aromatic N) is 2. The van der Waals surface area contributed by atoms with Crippen LogP contribution in [0.4, 0.5) is 5.69 Å². The van der Waals surface area contributed by atoms with Crippen LogP contribution in [0.25, 0.3) is 28.2 Å². The third-order valence-electron chi connectivity index (χ3n) is 5.42. The van der Waals surface area contributed by atoms with Crippen LogP contribution in [0.1, 0.15) is 5.56 Å². The first-order valence-electron chi connectivity index (χ1n) is 10.6. The molecule has 33 heavy (non-hydrogen) atoms. The monoisotopic (exact) mass is 466 g/mol. The third-order valence-corrected chi connectivity index (χ3v) is 6.16. The summed E-state index contributed by atoms with van der Waals surface area (Å²) in [5.74, 6) is 0. The van der Waals surface area contributed by atoms with Gasteiger partial charge in [-0.15, -0.1) is 0 Å². The molecular formula is C29H20Cl2N2. The molecule has 0 saturated carbocycles. The van der Waals surface area contributed by atoms with Crippen molar-refractivity contribution in [2.75, 3.05) is 0 Å². The lowest BCUT2D eigenvalue weighted by Crippen LogP contribution is -2.00. The largest absolute Gasteiger partial charge is 0.309 e. The molecule has 0 aliphatic heterocycles. The summed E-state index contributed by atoms with van der Waals surface area (Å²) in [5, 5.41) is 1.00. The van der Waals surface area contributed by atoms with E-state index in [1.807, 2.05) is 30.5 Å².